The van der Waals surface area contributed by atoms with E-state index < -0.39 is 37.5 Å². The Morgan fingerprint density at radius 2 is 1.52 bits per heavy atom. The van der Waals surface area contributed by atoms with E-state index in [1.54, 1.807) is 6.07 Å². The van der Waals surface area contributed by atoms with Crippen LogP contribution >= 0.6 is 11.6 Å². The third-order valence-electron chi connectivity index (χ3n) is 3.04. The van der Waals surface area contributed by atoms with E-state index in [1.165, 1.54) is 18.2 Å². The molecule has 0 unspecified atom stereocenters. The molecule has 0 aliphatic carbocycles. The van der Waals surface area contributed by atoms with Crippen LogP contribution in [0, 0.1) is 41.7 Å². The molecule has 0 radical (unpaired) electrons. The lowest BCUT2D eigenvalue weighted by Crippen LogP contribution is -2.03. The first-order valence-corrected chi connectivity index (χ1v) is 6.70. The number of anilines is 2. The molecule has 0 amide bonds. The average molecular weight is 364 g/mol. The molecule has 11 nitrogen and oxygen atoms in total. The molecule has 12 heteroatoms. The molecule has 0 heterocycles. The molecule has 25 heavy (non-hydrogen) atoms. The highest BCUT2D eigenvalue weighted by atomic mass is 35.5. The Hall–Kier alpha value is -3.78. The first kappa shape index (κ1) is 17.6. The normalized spacial score (nSPS) is 9.92. The smallest absolute Gasteiger partial charge is 0.306 e. The summed E-state index contributed by atoms with van der Waals surface area (Å²) in [4.78, 5) is 30.3. The molecule has 0 bridgehead atoms. The largest absolute Gasteiger partial charge is 0.344 e. The van der Waals surface area contributed by atoms with Gasteiger partial charge in [-0.2, -0.15) is 5.26 Å². The highest BCUT2D eigenvalue weighted by Crippen LogP contribution is 2.40. The molecule has 0 atom stereocenters. The van der Waals surface area contributed by atoms with Crippen molar-refractivity contribution in [1.29, 1.82) is 5.26 Å². The van der Waals surface area contributed by atoms with Gasteiger partial charge in [0.25, 0.3) is 5.69 Å². The fraction of sp³-hybridized carbons (Fsp3) is 0. The fourth-order valence-electron chi connectivity index (χ4n) is 1.95. The standard InChI is InChI=1S/C13H6ClN5O6/c14-10-2-1-8(3-7(10)6-15)16-13-11(18(22)23)4-9(17(20)21)5-12(13)19(24)25/h1-5,16H. The van der Waals surface area contributed by atoms with Gasteiger partial charge in [0.2, 0.25) is 0 Å². The quantitative estimate of drug-likeness (QED) is 0.620. The monoisotopic (exact) mass is 363 g/mol. The summed E-state index contributed by atoms with van der Waals surface area (Å²) in [6.07, 6.45) is 0. The molecule has 0 saturated carbocycles. The van der Waals surface area contributed by atoms with Crippen LogP contribution in [0.25, 0.3) is 0 Å². The van der Waals surface area contributed by atoms with Crippen molar-refractivity contribution in [2.24, 2.45) is 0 Å². The zero-order chi connectivity index (χ0) is 18.7. The summed E-state index contributed by atoms with van der Waals surface area (Å²) in [6, 6.07) is 6.91. The van der Waals surface area contributed by atoms with Gasteiger partial charge in [0.1, 0.15) is 6.07 Å². The van der Waals surface area contributed by atoms with Gasteiger partial charge in [0, 0.05) is 5.69 Å². The fourth-order valence-corrected chi connectivity index (χ4v) is 2.11. The molecular weight excluding hydrogens is 358 g/mol. The van der Waals surface area contributed by atoms with Gasteiger partial charge < -0.3 is 5.32 Å². The molecule has 0 saturated heterocycles. The Morgan fingerprint density at radius 3 is 1.96 bits per heavy atom. The maximum atomic E-state index is 11.2. The predicted octanol–water partition coefficient (Wildman–Crippen LogP) is 3.68. The molecular formula is C13H6ClN5O6. The number of non-ortho nitro benzene ring substituents is 1. The van der Waals surface area contributed by atoms with E-state index in [9.17, 15) is 30.3 Å². The predicted molar refractivity (Wildman–Crippen MR) is 85.9 cm³/mol. The van der Waals surface area contributed by atoms with Crippen LogP contribution in [0.5, 0.6) is 0 Å². The third kappa shape index (κ3) is 3.59. The Labute approximate surface area is 143 Å². The first-order valence-electron chi connectivity index (χ1n) is 6.32. The SMILES string of the molecule is N#Cc1cc(Nc2c([N+](=O)[O-])cc([N+](=O)[O-])cc2[N+](=O)[O-])ccc1Cl. The van der Waals surface area contributed by atoms with Gasteiger partial charge in [-0.3, -0.25) is 30.3 Å². The van der Waals surface area contributed by atoms with E-state index >= 15 is 0 Å². The molecule has 2 aromatic carbocycles. The van der Waals surface area contributed by atoms with E-state index in [4.69, 9.17) is 16.9 Å². The minimum Gasteiger partial charge on any atom is -0.344 e. The van der Waals surface area contributed by atoms with Gasteiger partial charge in [0.05, 0.1) is 37.5 Å². The summed E-state index contributed by atoms with van der Waals surface area (Å²) >= 11 is 5.78. The number of rotatable bonds is 5. The Morgan fingerprint density at radius 1 is 0.960 bits per heavy atom. The van der Waals surface area contributed by atoms with E-state index in [2.05, 4.69) is 5.32 Å². The molecule has 0 aliphatic heterocycles. The van der Waals surface area contributed by atoms with Crippen molar-refractivity contribution in [3.8, 4) is 6.07 Å². The first-order chi connectivity index (χ1) is 11.7. The lowest BCUT2D eigenvalue weighted by atomic mass is 10.1. The van der Waals surface area contributed by atoms with E-state index in [1.807, 2.05) is 0 Å². The number of benzene rings is 2. The second-order valence-electron chi connectivity index (χ2n) is 4.56. The highest BCUT2D eigenvalue weighted by molar-refractivity contribution is 6.31. The van der Waals surface area contributed by atoms with Crippen molar-refractivity contribution in [1.82, 2.24) is 0 Å². The zero-order valence-corrected chi connectivity index (χ0v) is 12.8. The summed E-state index contributed by atoms with van der Waals surface area (Å²) < 4.78 is 0. The topological polar surface area (TPSA) is 165 Å². The van der Waals surface area contributed by atoms with Crippen LogP contribution in [0.1, 0.15) is 5.56 Å². The molecule has 2 rings (SSSR count). The van der Waals surface area contributed by atoms with Gasteiger partial charge in [-0.05, 0) is 18.2 Å². The Bertz CT molecular complexity index is 919. The number of nitriles is 1. The van der Waals surface area contributed by atoms with Crippen LogP contribution in [-0.4, -0.2) is 14.8 Å². The van der Waals surface area contributed by atoms with Crippen LogP contribution in [-0.2, 0) is 0 Å². The van der Waals surface area contributed by atoms with Crippen LogP contribution in [0.3, 0.4) is 0 Å². The highest BCUT2D eigenvalue weighted by Gasteiger charge is 2.30. The van der Waals surface area contributed by atoms with E-state index in [0.29, 0.717) is 12.1 Å². The second kappa shape index (κ2) is 6.77. The summed E-state index contributed by atoms with van der Waals surface area (Å²) in [5.74, 6) is 0. The Kier molecular flexibility index (Phi) is 4.76. The summed E-state index contributed by atoms with van der Waals surface area (Å²) in [5.41, 5.74) is -2.90. The number of hydrogen-bond donors (Lipinski definition) is 1. The van der Waals surface area contributed by atoms with Gasteiger partial charge >= 0.3 is 11.4 Å². The third-order valence-corrected chi connectivity index (χ3v) is 3.37. The lowest BCUT2D eigenvalue weighted by molar-refractivity contribution is -0.401. The molecule has 1 N–H and O–H groups in total. The maximum absolute atomic E-state index is 11.2. The number of nitrogens with one attached hydrogen (secondary N) is 1. The zero-order valence-electron chi connectivity index (χ0n) is 12.0. The number of nitrogens with zero attached hydrogens (tertiary/aromatic N) is 4. The number of nitro benzene ring substituents is 3. The van der Waals surface area contributed by atoms with Gasteiger partial charge in [0.15, 0.2) is 5.69 Å². The van der Waals surface area contributed by atoms with E-state index in [0.717, 1.165) is 0 Å². The minimum atomic E-state index is -0.983. The lowest BCUT2D eigenvalue weighted by Gasteiger charge is -2.08. The van der Waals surface area contributed by atoms with Gasteiger partial charge in [-0.25, -0.2) is 0 Å². The van der Waals surface area contributed by atoms with Crippen molar-refractivity contribution >= 4 is 40.0 Å². The van der Waals surface area contributed by atoms with Crippen molar-refractivity contribution in [3.63, 3.8) is 0 Å². The maximum Gasteiger partial charge on any atom is 0.306 e. The summed E-state index contributed by atoms with van der Waals surface area (Å²) in [5, 5.41) is 44.7. The number of hydrogen-bond acceptors (Lipinski definition) is 8. The number of nitro groups is 3. The molecule has 126 valence electrons. The molecule has 0 spiro atoms. The van der Waals surface area contributed by atoms with Crippen molar-refractivity contribution in [2.45, 2.75) is 0 Å². The molecule has 0 fully saturated rings. The van der Waals surface area contributed by atoms with Crippen LogP contribution in [0.4, 0.5) is 28.4 Å². The number of halogens is 1. The van der Waals surface area contributed by atoms with Gasteiger partial charge in [-0.15, -0.1) is 0 Å². The van der Waals surface area contributed by atoms with Crippen LogP contribution in [0.15, 0.2) is 30.3 Å². The summed E-state index contributed by atoms with van der Waals surface area (Å²) in [6.45, 7) is 0. The molecule has 2 aromatic rings. The average Bonchev–Trinajstić information content (AvgIpc) is 2.55. The second-order valence-corrected chi connectivity index (χ2v) is 4.97. The van der Waals surface area contributed by atoms with Crippen molar-refractivity contribution in [3.05, 3.63) is 71.3 Å². The van der Waals surface area contributed by atoms with Crippen molar-refractivity contribution < 1.29 is 14.8 Å². The van der Waals surface area contributed by atoms with Gasteiger partial charge in [-0.1, -0.05) is 11.6 Å². The van der Waals surface area contributed by atoms with Crippen molar-refractivity contribution in [2.75, 3.05) is 5.32 Å². The minimum absolute atomic E-state index is 0.0406. The van der Waals surface area contributed by atoms with E-state index in [-0.39, 0.29) is 16.3 Å². The van der Waals surface area contributed by atoms with Crippen LogP contribution in [0.2, 0.25) is 5.02 Å². The summed E-state index contributed by atoms with van der Waals surface area (Å²) in [7, 11) is 0. The van der Waals surface area contributed by atoms with Crippen LogP contribution < -0.4 is 5.32 Å². The molecule has 0 aliphatic rings. The Balaban J connectivity index is 2.67. The molecule has 0 aromatic heterocycles.